The van der Waals surface area contributed by atoms with Crippen LogP contribution in [0.3, 0.4) is 0 Å². The van der Waals surface area contributed by atoms with Gasteiger partial charge in [0.2, 0.25) is 0 Å². The summed E-state index contributed by atoms with van der Waals surface area (Å²) in [6.45, 7) is 0.728. The van der Waals surface area contributed by atoms with Crippen LogP contribution in [0.1, 0.15) is 22.8 Å². The maximum atomic E-state index is 12.9. The summed E-state index contributed by atoms with van der Waals surface area (Å²) in [5, 5.41) is -0.864. The molecule has 0 unspecified atom stereocenters. The first-order valence-corrected chi connectivity index (χ1v) is 3.98. The molecule has 0 saturated heterocycles. The number of carbonyl (C=O) groups excluding carboxylic acids is 1. The zero-order chi connectivity index (χ0) is 10.1. The number of hydrogen-bond donors (Lipinski definition) is 0. The summed E-state index contributed by atoms with van der Waals surface area (Å²) in [6, 6.07) is 5.40. The molecule has 0 aliphatic carbocycles. The highest BCUT2D eigenvalue weighted by Crippen LogP contribution is 2.30. The second kappa shape index (κ2) is 3.42. The molecule has 1 rings (SSSR count). The van der Waals surface area contributed by atoms with Crippen molar-refractivity contribution in [3.63, 3.8) is 0 Å². The number of halogens is 3. The Hall–Kier alpha value is -0.960. The summed E-state index contributed by atoms with van der Waals surface area (Å²) in [6.07, 6.45) is 0. The smallest absolute Gasteiger partial charge is 0.271 e. The molecule has 0 atom stereocenters. The highest BCUT2D eigenvalue weighted by molar-refractivity contribution is 6.67. The summed E-state index contributed by atoms with van der Waals surface area (Å²) in [4.78, 5) is 10.7. The molecule has 4 heteroatoms. The van der Waals surface area contributed by atoms with Gasteiger partial charge < -0.3 is 0 Å². The minimum Gasteiger partial charge on any atom is -0.276 e. The second-order valence-corrected chi connectivity index (χ2v) is 3.05. The van der Waals surface area contributed by atoms with Crippen LogP contribution in [0, 0.1) is 0 Å². The Bertz CT molecular complexity index is 331. The fraction of sp³-hybridized carbons (Fsp3) is 0.222. The van der Waals surface area contributed by atoms with Crippen LogP contribution < -0.4 is 0 Å². The standard InChI is InChI=1S/C9H7ClF2O/c1-9(11,12)7-5-3-2-4-6(7)8(10)13/h2-5H,1H3. The van der Waals surface area contributed by atoms with Gasteiger partial charge in [0.1, 0.15) is 0 Å². The zero-order valence-corrected chi connectivity index (χ0v) is 7.61. The third-order valence-corrected chi connectivity index (χ3v) is 1.82. The molecule has 13 heavy (non-hydrogen) atoms. The Morgan fingerprint density at radius 2 is 1.92 bits per heavy atom. The fourth-order valence-electron chi connectivity index (χ4n) is 1.04. The first-order chi connectivity index (χ1) is 5.93. The summed E-state index contributed by atoms with van der Waals surface area (Å²) in [7, 11) is 0. The first-order valence-electron chi connectivity index (χ1n) is 3.60. The van der Waals surface area contributed by atoms with Crippen molar-refractivity contribution >= 4 is 16.8 Å². The monoisotopic (exact) mass is 204 g/mol. The Labute approximate surface area is 79.3 Å². The predicted octanol–water partition coefficient (Wildman–Crippen LogP) is 3.18. The summed E-state index contributed by atoms with van der Waals surface area (Å²) < 4.78 is 25.7. The molecule has 0 radical (unpaired) electrons. The Morgan fingerprint density at radius 1 is 1.38 bits per heavy atom. The van der Waals surface area contributed by atoms with Crippen molar-refractivity contribution in [3.05, 3.63) is 35.4 Å². The van der Waals surface area contributed by atoms with Crippen LogP contribution in [-0.2, 0) is 5.92 Å². The van der Waals surface area contributed by atoms with Crippen molar-refractivity contribution < 1.29 is 13.6 Å². The maximum Gasteiger partial charge on any atom is 0.271 e. The van der Waals surface area contributed by atoms with Gasteiger partial charge in [-0.3, -0.25) is 4.79 Å². The van der Waals surface area contributed by atoms with Gasteiger partial charge in [-0.25, -0.2) is 8.78 Å². The lowest BCUT2D eigenvalue weighted by molar-refractivity contribution is 0.0166. The van der Waals surface area contributed by atoms with Crippen LogP contribution in [0.4, 0.5) is 8.78 Å². The fourth-order valence-corrected chi connectivity index (χ4v) is 1.20. The topological polar surface area (TPSA) is 17.1 Å². The lowest BCUT2D eigenvalue weighted by Gasteiger charge is -2.12. The van der Waals surface area contributed by atoms with Crippen LogP contribution in [0.5, 0.6) is 0 Å². The number of carbonyl (C=O) groups is 1. The van der Waals surface area contributed by atoms with Crippen LogP contribution in [-0.4, -0.2) is 5.24 Å². The molecule has 0 aliphatic heterocycles. The molecule has 1 aromatic rings. The third kappa shape index (κ3) is 2.25. The van der Waals surface area contributed by atoms with Crippen LogP contribution >= 0.6 is 11.6 Å². The molecule has 1 aromatic carbocycles. The van der Waals surface area contributed by atoms with Crippen LogP contribution in [0.15, 0.2) is 24.3 Å². The molecular weight excluding hydrogens is 198 g/mol. The van der Waals surface area contributed by atoms with Gasteiger partial charge in [-0.1, -0.05) is 18.2 Å². The van der Waals surface area contributed by atoms with Crippen molar-refractivity contribution in [2.45, 2.75) is 12.8 Å². The van der Waals surface area contributed by atoms with E-state index in [1.807, 2.05) is 0 Å². The maximum absolute atomic E-state index is 12.9. The van der Waals surface area contributed by atoms with Crippen molar-refractivity contribution in [2.24, 2.45) is 0 Å². The zero-order valence-electron chi connectivity index (χ0n) is 6.85. The number of benzene rings is 1. The normalized spacial score (nSPS) is 11.4. The molecule has 0 aromatic heterocycles. The SMILES string of the molecule is CC(F)(F)c1ccccc1C(=O)Cl. The molecule has 1 nitrogen and oxygen atoms in total. The van der Waals surface area contributed by atoms with Crippen LogP contribution in [0.25, 0.3) is 0 Å². The third-order valence-electron chi connectivity index (χ3n) is 1.61. The largest absolute Gasteiger partial charge is 0.276 e. The summed E-state index contributed by atoms with van der Waals surface area (Å²) in [5.41, 5.74) is -0.480. The van der Waals surface area contributed by atoms with Gasteiger partial charge in [-0.2, -0.15) is 0 Å². The minimum absolute atomic E-state index is 0.142. The quantitative estimate of drug-likeness (QED) is 0.677. The van der Waals surface area contributed by atoms with Crippen LogP contribution in [0.2, 0.25) is 0 Å². The van der Waals surface area contributed by atoms with E-state index in [0.29, 0.717) is 0 Å². The molecule has 0 amide bonds. The molecule has 70 valence electrons. The van der Waals surface area contributed by atoms with Gasteiger partial charge in [0.05, 0.1) is 0 Å². The lowest BCUT2D eigenvalue weighted by atomic mass is 10.0. The molecule has 0 fully saturated rings. The minimum atomic E-state index is -3.04. The summed E-state index contributed by atoms with van der Waals surface area (Å²) in [5.74, 6) is -3.04. The average Bonchev–Trinajstić information content (AvgIpc) is 2.03. The van der Waals surface area contributed by atoms with E-state index in [-0.39, 0.29) is 11.1 Å². The van der Waals surface area contributed by atoms with E-state index < -0.39 is 11.2 Å². The van der Waals surface area contributed by atoms with Gasteiger partial charge in [0, 0.05) is 18.1 Å². The highest BCUT2D eigenvalue weighted by Gasteiger charge is 2.28. The van der Waals surface area contributed by atoms with E-state index in [1.165, 1.54) is 24.3 Å². The van der Waals surface area contributed by atoms with Crippen molar-refractivity contribution in [1.29, 1.82) is 0 Å². The van der Waals surface area contributed by atoms with Crippen molar-refractivity contribution in [1.82, 2.24) is 0 Å². The molecule has 0 saturated carbocycles. The molecule has 0 N–H and O–H groups in total. The highest BCUT2D eigenvalue weighted by atomic mass is 35.5. The molecule has 0 aliphatic rings. The first kappa shape index (κ1) is 10.1. The Kier molecular flexibility index (Phi) is 2.66. The average molecular weight is 205 g/mol. The van der Waals surface area contributed by atoms with E-state index in [0.717, 1.165) is 6.92 Å². The number of rotatable bonds is 2. The van der Waals surface area contributed by atoms with E-state index in [4.69, 9.17) is 11.6 Å². The van der Waals surface area contributed by atoms with Gasteiger partial charge in [0.25, 0.3) is 11.2 Å². The van der Waals surface area contributed by atoms with Crippen molar-refractivity contribution in [3.8, 4) is 0 Å². The molecular formula is C9H7ClF2O. The van der Waals surface area contributed by atoms with Gasteiger partial charge in [-0.05, 0) is 17.7 Å². The molecule has 0 bridgehead atoms. The van der Waals surface area contributed by atoms with E-state index in [9.17, 15) is 13.6 Å². The van der Waals surface area contributed by atoms with E-state index in [2.05, 4.69) is 0 Å². The van der Waals surface area contributed by atoms with Gasteiger partial charge in [0.15, 0.2) is 0 Å². The summed E-state index contributed by atoms with van der Waals surface area (Å²) >= 11 is 5.14. The second-order valence-electron chi connectivity index (χ2n) is 2.71. The predicted molar refractivity (Wildman–Crippen MR) is 46.2 cm³/mol. The Balaban J connectivity index is 3.28. The lowest BCUT2D eigenvalue weighted by Crippen LogP contribution is -2.11. The van der Waals surface area contributed by atoms with Crippen molar-refractivity contribution in [2.75, 3.05) is 0 Å². The molecule has 0 spiro atoms. The van der Waals surface area contributed by atoms with E-state index >= 15 is 0 Å². The Morgan fingerprint density at radius 3 is 2.31 bits per heavy atom. The molecule has 0 heterocycles. The van der Waals surface area contributed by atoms with E-state index in [1.54, 1.807) is 0 Å². The number of alkyl halides is 2. The van der Waals surface area contributed by atoms with Gasteiger partial charge >= 0.3 is 0 Å². The van der Waals surface area contributed by atoms with Gasteiger partial charge in [-0.15, -0.1) is 0 Å². The number of hydrogen-bond acceptors (Lipinski definition) is 1.